The van der Waals surface area contributed by atoms with Crippen LogP contribution < -0.4 is 15.4 Å². The lowest BCUT2D eigenvalue weighted by Crippen LogP contribution is -2.13. The van der Waals surface area contributed by atoms with Crippen LogP contribution in [-0.4, -0.2) is 27.8 Å². The number of ether oxygens (including phenoxy) is 1. The Morgan fingerprint density at radius 1 is 0.706 bits per heavy atom. The Balaban J connectivity index is 1.42. The number of aromatic nitrogens is 2. The number of carbonyl (C=O) groups is 3. The summed E-state index contributed by atoms with van der Waals surface area (Å²) in [5, 5.41) is 5.61. The first-order chi connectivity index (χ1) is 16.3. The van der Waals surface area contributed by atoms with Crippen LogP contribution in [0.5, 0.6) is 5.75 Å². The lowest BCUT2D eigenvalue weighted by molar-refractivity contribution is -0.131. The Labute approximate surface area is 196 Å². The molecule has 8 nitrogen and oxygen atoms in total. The Morgan fingerprint density at radius 2 is 1.26 bits per heavy atom. The van der Waals surface area contributed by atoms with E-state index in [1.165, 1.54) is 13.0 Å². The highest BCUT2D eigenvalue weighted by Gasteiger charge is 2.11. The zero-order valence-electron chi connectivity index (χ0n) is 18.9. The van der Waals surface area contributed by atoms with E-state index in [9.17, 15) is 14.4 Å². The molecule has 1 heterocycles. The second-order valence-corrected chi connectivity index (χ2v) is 7.70. The second-order valence-electron chi connectivity index (χ2n) is 7.70. The largest absolute Gasteiger partial charge is 0.427 e. The molecule has 4 aromatic rings. The molecule has 170 valence electrons. The topological polar surface area (TPSA) is 110 Å². The van der Waals surface area contributed by atoms with Crippen LogP contribution in [0.4, 0.5) is 11.4 Å². The summed E-state index contributed by atoms with van der Waals surface area (Å²) in [5.41, 5.74) is 5.01. The van der Waals surface area contributed by atoms with Crippen LogP contribution in [0.15, 0.2) is 66.7 Å². The highest BCUT2D eigenvalue weighted by Crippen LogP contribution is 2.19. The van der Waals surface area contributed by atoms with Crippen LogP contribution in [-0.2, 0) is 4.79 Å². The fourth-order valence-corrected chi connectivity index (χ4v) is 3.28. The van der Waals surface area contributed by atoms with Crippen molar-refractivity contribution in [1.82, 2.24) is 9.97 Å². The predicted molar refractivity (Wildman–Crippen MR) is 129 cm³/mol. The van der Waals surface area contributed by atoms with Crippen molar-refractivity contribution in [3.05, 3.63) is 89.2 Å². The number of nitrogens with one attached hydrogen (secondary N) is 2. The minimum atomic E-state index is -0.461. The zero-order valence-corrected chi connectivity index (χ0v) is 18.9. The number of esters is 1. The van der Waals surface area contributed by atoms with Crippen molar-refractivity contribution in [2.45, 2.75) is 20.8 Å². The maximum absolute atomic E-state index is 12.7. The van der Waals surface area contributed by atoms with Gasteiger partial charge in [0.2, 0.25) is 0 Å². The summed E-state index contributed by atoms with van der Waals surface area (Å²) in [6.45, 7) is 5.07. The lowest BCUT2D eigenvalue weighted by Gasteiger charge is -2.09. The monoisotopic (exact) mass is 454 g/mol. The van der Waals surface area contributed by atoms with Crippen molar-refractivity contribution in [3.8, 4) is 5.75 Å². The van der Waals surface area contributed by atoms with Crippen LogP contribution in [0.3, 0.4) is 0 Å². The molecule has 0 spiro atoms. The Kier molecular flexibility index (Phi) is 6.31. The van der Waals surface area contributed by atoms with Crippen molar-refractivity contribution in [2.75, 3.05) is 10.6 Å². The van der Waals surface area contributed by atoms with Gasteiger partial charge in [0.15, 0.2) is 0 Å². The van der Waals surface area contributed by atoms with Gasteiger partial charge in [-0.15, -0.1) is 0 Å². The molecule has 0 unspecified atom stereocenters. The number of hydrogen-bond acceptors (Lipinski definition) is 6. The molecule has 1 aromatic heterocycles. The maximum atomic E-state index is 12.7. The Morgan fingerprint density at radius 3 is 1.85 bits per heavy atom. The molecule has 0 fully saturated rings. The van der Waals surface area contributed by atoms with Gasteiger partial charge in [-0.1, -0.05) is 6.07 Å². The van der Waals surface area contributed by atoms with Crippen LogP contribution in [0.25, 0.3) is 11.0 Å². The summed E-state index contributed by atoms with van der Waals surface area (Å²) in [4.78, 5) is 45.3. The van der Waals surface area contributed by atoms with E-state index in [2.05, 4.69) is 20.6 Å². The molecule has 0 radical (unpaired) electrons. The Bertz CT molecular complexity index is 1410. The number of carbonyl (C=O) groups excluding carboxylic acids is 3. The van der Waals surface area contributed by atoms with E-state index in [-0.39, 0.29) is 11.8 Å². The van der Waals surface area contributed by atoms with E-state index in [1.54, 1.807) is 60.7 Å². The first-order valence-electron chi connectivity index (χ1n) is 10.5. The van der Waals surface area contributed by atoms with Crippen LogP contribution in [0.1, 0.15) is 39.0 Å². The summed E-state index contributed by atoms with van der Waals surface area (Å²) >= 11 is 0. The Hall–Kier alpha value is -4.59. The van der Waals surface area contributed by atoms with E-state index < -0.39 is 5.97 Å². The third-order valence-corrected chi connectivity index (χ3v) is 5.10. The maximum Gasteiger partial charge on any atom is 0.308 e. The standard InChI is InChI=1S/C26H22N4O4/c1-15-16(2)28-24-14-19(7-12-23(24)27-15)26(33)30-21-10-8-20(9-11-21)29-25(32)18-5-4-6-22(13-18)34-17(3)31/h4-14H,1-3H3,(H,29,32)(H,30,33). The van der Waals surface area contributed by atoms with Gasteiger partial charge in [-0.3, -0.25) is 14.4 Å². The molecule has 0 aliphatic carbocycles. The molecule has 0 saturated heterocycles. The van der Waals surface area contributed by atoms with Crippen molar-refractivity contribution >= 4 is 40.2 Å². The first kappa shape index (κ1) is 22.6. The minimum Gasteiger partial charge on any atom is -0.427 e. The number of rotatable bonds is 5. The minimum absolute atomic E-state index is 0.277. The van der Waals surface area contributed by atoms with E-state index in [0.29, 0.717) is 33.8 Å². The third-order valence-electron chi connectivity index (χ3n) is 5.10. The molecule has 0 aliphatic rings. The fraction of sp³-hybridized carbons (Fsp3) is 0.115. The molecule has 8 heteroatoms. The van der Waals surface area contributed by atoms with Crippen molar-refractivity contribution in [3.63, 3.8) is 0 Å². The van der Waals surface area contributed by atoms with Gasteiger partial charge in [0.1, 0.15) is 5.75 Å². The van der Waals surface area contributed by atoms with E-state index in [0.717, 1.165) is 16.9 Å². The highest BCUT2D eigenvalue weighted by atomic mass is 16.5. The lowest BCUT2D eigenvalue weighted by atomic mass is 10.1. The van der Waals surface area contributed by atoms with Gasteiger partial charge in [0.05, 0.1) is 22.4 Å². The summed E-state index contributed by atoms with van der Waals surface area (Å²) < 4.78 is 5.01. The van der Waals surface area contributed by atoms with E-state index in [4.69, 9.17) is 4.74 Å². The van der Waals surface area contributed by atoms with Gasteiger partial charge in [-0.05, 0) is 74.5 Å². The van der Waals surface area contributed by atoms with Gasteiger partial charge >= 0.3 is 5.97 Å². The molecule has 2 amide bonds. The molecule has 4 rings (SSSR count). The SMILES string of the molecule is CC(=O)Oc1cccc(C(=O)Nc2ccc(NC(=O)c3ccc4nc(C)c(C)nc4c3)cc2)c1. The van der Waals surface area contributed by atoms with E-state index >= 15 is 0 Å². The normalized spacial score (nSPS) is 10.6. The average Bonchev–Trinajstić information content (AvgIpc) is 2.80. The number of benzene rings is 3. The first-order valence-corrected chi connectivity index (χ1v) is 10.5. The predicted octanol–water partition coefficient (Wildman–Crippen LogP) is 4.68. The smallest absolute Gasteiger partial charge is 0.308 e. The molecule has 0 aliphatic heterocycles. The van der Waals surface area contributed by atoms with Crippen LogP contribution in [0, 0.1) is 13.8 Å². The van der Waals surface area contributed by atoms with Gasteiger partial charge in [-0.25, -0.2) is 9.97 Å². The van der Waals surface area contributed by atoms with Crippen LogP contribution >= 0.6 is 0 Å². The molecule has 0 bridgehead atoms. The van der Waals surface area contributed by atoms with Gasteiger partial charge in [0.25, 0.3) is 11.8 Å². The summed E-state index contributed by atoms with van der Waals surface area (Å²) in [6.07, 6.45) is 0. The van der Waals surface area contributed by atoms with Crippen molar-refractivity contribution in [1.29, 1.82) is 0 Å². The zero-order chi connectivity index (χ0) is 24.2. The van der Waals surface area contributed by atoms with Gasteiger partial charge in [-0.2, -0.15) is 0 Å². The molecular formula is C26H22N4O4. The summed E-state index contributed by atoms with van der Waals surface area (Å²) in [5.74, 6) is -0.796. The van der Waals surface area contributed by atoms with Crippen molar-refractivity contribution < 1.29 is 19.1 Å². The molecule has 0 saturated carbocycles. The fourth-order valence-electron chi connectivity index (χ4n) is 3.28. The van der Waals surface area contributed by atoms with Gasteiger partial charge in [0, 0.05) is 29.4 Å². The van der Waals surface area contributed by atoms with E-state index in [1.807, 2.05) is 13.8 Å². The number of hydrogen-bond donors (Lipinski definition) is 2. The average molecular weight is 454 g/mol. The molecule has 3 aromatic carbocycles. The summed E-state index contributed by atoms with van der Waals surface area (Å²) in [7, 11) is 0. The number of anilines is 2. The molecular weight excluding hydrogens is 432 g/mol. The third kappa shape index (κ3) is 5.24. The molecule has 2 N–H and O–H groups in total. The number of aryl methyl sites for hydroxylation is 2. The molecule has 34 heavy (non-hydrogen) atoms. The number of amides is 2. The van der Waals surface area contributed by atoms with Crippen molar-refractivity contribution in [2.24, 2.45) is 0 Å². The highest BCUT2D eigenvalue weighted by molar-refractivity contribution is 6.06. The second kappa shape index (κ2) is 9.50. The van der Waals surface area contributed by atoms with Gasteiger partial charge < -0.3 is 15.4 Å². The van der Waals surface area contributed by atoms with Crippen LogP contribution in [0.2, 0.25) is 0 Å². The quantitative estimate of drug-likeness (QED) is 0.335. The number of nitrogens with zero attached hydrogens (tertiary/aromatic N) is 2. The summed E-state index contributed by atoms with van der Waals surface area (Å²) in [6, 6.07) is 18.3. The molecule has 0 atom stereocenters. The number of fused-ring (bicyclic) bond motifs is 1.